The van der Waals surface area contributed by atoms with E-state index in [4.69, 9.17) is 26.1 Å². The molecule has 8 heteroatoms. The molecule has 0 spiro atoms. The molecule has 0 aromatic heterocycles. The van der Waals surface area contributed by atoms with Crippen LogP contribution in [0.5, 0.6) is 0 Å². The number of hydrogen-bond acceptors (Lipinski definition) is 5. The van der Waals surface area contributed by atoms with Crippen LogP contribution in [0.4, 0.5) is 0 Å². The largest absolute Gasteiger partial charge is 0.472 e. The Bertz CT molecular complexity index is 801. The molecule has 0 amide bonds. The van der Waals surface area contributed by atoms with Crippen molar-refractivity contribution < 1.29 is 23.2 Å². The number of hydrogen-bond donors (Lipinski definition) is 1. The van der Waals surface area contributed by atoms with Gasteiger partial charge in [-0.1, -0.05) is 121 Å². The van der Waals surface area contributed by atoms with Crippen molar-refractivity contribution >= 4 is 19.4 Å². The van der Waals surface area contributed by atoms with Gasteiger partial charge in [-0.25, -0.2) is 4.57 Å². The summed E-state index contributed by atoms with van der Waals surface area (Å²) in [5.74, 6) is 0. The van der Waals surface area contributed by atoms with E-state index in [1.54, 1.807) is 18.2 Å². The molecule has 0 saturated carbocycles. The van der Waals surface area contributed by atoms with Gasteiger partial charge in [-0.15, -0.1) is 0 Å². The van der Waals surface area contributed by atoms with Crippen molar-refractivity contribution in [3.05, 3.63) is 34.3 Å². The van der Waals surface area contributed by atoms with Gasteiger partial charge >= 0.3 is 7.82 Å². The van der Waals surface area contributed by atoms with Crippen molar-refractivity contribution in [1.29, 1.82) is 5.26 Å². The summed E-state index contributed by atoms with van der Waals surface area (Å²) in [6.07, 6.45) is 21.3. The third-order valence-electron chi connectivity index (χ3n) is 6.61. The van der Waals surface area contributed by atoms with E-state index < -0.39 is 7.82 Å². The molecule has 6 nitrogen and oxygen atoms in total. The van der Waals surface area contributed by atoms with Gasteiger partial charge in [0.1, 0.15) is 0 Å². The molecule has 0 heterocycles. The lowest BCUT2D eigenvalue weighted by atomic mass is 10.0. The fraction of sp³-hybridized carbons (Fsp3) is 0.759. The molecule has 0 aliphatic heterocycles. The first-order chi connectivity index (χ1) is 17.9. The van der Waals surface area contributed by atoms with Crippen molar-refractivity contribution in [1.82, 2.24) is 0 Å². The van der Waals surface area contributed by atoms with Crippen molar-refractivity contribution in [2.75, 3.05) is 13.7 Å². The quantitative estimate of drug-likeness (QED) is 0.100. The summed E-state index contributed by atoms with van der Waals surface area (Å²) >= 11 is 6.08. The van der Waals surface area contributed by atoms with Crippen LogP contribution >= 0.6 is 19.4 Å². The van der Waals surface area contributed by atoms with E-state index in [0.717, 1.165) is 25.5 Å². The first-order valence-electron chi connectivity index (χ1n) is 14.2. The molecule has 1 N–H and O–H groups in total. The number of halogens is 1. The maximum Gasteiger partial charge on any atom is 0.472 e. The molecule has 0 radical (unpaired) electrons. The third-order valence-corrected chi connectivity index (χ3v) is 7.76. The molecule has 0 aliphatic carbocycles. The summed E-state index contributed by atoms with van der Waals surface area (Å²) < 4.78 is 27.3. The van der Waals surface area contributed by atoms with Crippen LogP contribution in [0.2, 0.25) is 5.02 Å². The highest BCUT2D eigenvalue weighted by Crippen LogP contribution is 2.42. The van der Waals surface area contributed by atoms with E-state index in [0.29, 0.717) is 17.0 Å². The molecule has 37 heavy (non-hydrogen) atoms. The second kappa shape index (κ2) is 21.9. The van der Waals surface area contributed by atoms with Gasteiger partial charge in [0, 0.05) is 12.1 Å². The predicted molar refractivity (Wildman–Crippen MR) is 152 cm³/mol. The predicted octanol–water partition coefficient (Wildman–Crippen LogP) is 9.51. The number of rotatable bonds is 24. The minimum atomic E-state index is -4.06. The van der Waals surface area contributed by atoms with Crippen LogP contribution in [0.1, 0.15) is 127 Å². The molecule has 1 unspecified atom stereocenters. The summed E-state index contributed by atoms with van der Waals surface area (Å²) in [4.78, 5) is 9.58. The molecule has 0 aliphatic rings. The van der Waals surface area contributed by atoms with Crippen LogP contribution in [0.15, 0.2) is 18.2 Å². The van der Waals surface area contributed by atoms with E-state index >= 15 is 0 Å². The SMILES string of the molecule is CCCCCCCCCCCCCCCCCC[C@@H](COP(=O)(O)OC)OCc1cc(Cl)cc(C#N)c1. The maximum atomic E-state index is 11.7. The number of nitriles is 1. The minimum Gasteiger partial charge on any atom is -0.371 e. The lowest BCUT2D eigenvalue weighted by Crippen LogP contribution is -2.19. The van der Waals surface area contributed by atoms with Crippen LogP contribution in [0, 0.1) is 11.3 Å². The molecule has 0 bridgehead atoms. The average Bonchev–Trinajstić information content (AvgIpc) is 2.89. The monoisotopic (exact) mass is 557 g/mol. The van der Waals surface area contributed by atoms with E-state index in [2.05, 4.69) is 17.5 Å². The molecule has 2 atom stereocenters. The van der Waals surface area contributed by atoms with Gasteiger partial charge in [-0.3, -0.25) is 9.05 Å². The molecule has 1 aromatic carbocycles. The Labute approximate surface area is 230 Å². The Morgan fingerprint density at radius 3 is 1.89 bits per heavy atom. The lowest BCUT2D eigenvalue weighted by molar-refractivity contribution is -0.00509. The van der Waals surface area contributed by atoms with E-state index in [-0.39, 0.29) is 19.3 Å². The standard InChI is InChI=1S/C29H49ClNO5P/c1-3-4-5-6-7-8-9-10-11-12-13-14-15-16-17-18-19-29(25-36-37(32,33)34-2)35-24-27-20-26(23-31)21-28(30)22-27/h20-22,29H,3-19,24-25H2,1-2H3,(H,32,33)/t29-/m0/s1. The highest BCUT2D eigenvalue weighted by Gasteiger charge is 2.22. The van der Waals surface area contributed by atoms with Crippen molar-refractivity contribution in [2.24, 2.45) is 0 Å². The number of phosphoric acid groups is 1. The summed E-state index contributed by atoms with van der Waals surface area (Å²) in [5, 5.41) is 9.61. The summed E-state index contributed by atoms with van der Waals surface area (Å²) in [7, 11) is -2.92. The molecule has 212 valence electrons. The van der Waals surface area contributed by atoms with Crippen LogP contribution in [0.25, 0.3) is 0 Å². The van der Waals surface area contributed by atoms with E-state index in [1.165, 1.54) is 89.9 Å². The van der Waals surface area contributed by atoms with Crippen molar-refractivity contribution in [3.63, 3.8) is 0 Å². The van der Waals surface area contributed by atoms with Crippen LogP contribution in [-0.2, 0) is 25.0 Å². The maximum absolute atomic E-state index is 11.7. The molecular weight excluding hydrogens is 509 g/mol. The smallest absolute Gasteiger partial charge is 0.371 e. The first-order valence-corrected chi connectivity index (χ1v) is 16.1. The zero-order valence-electron chi connectivity index (χ0n) is 23.1. The number of unbranched alkanes of at least 4 members (excludes halogenated alkanes) is 15. The molecular formula is C29H49ClNO5P. The Morgan fingerprint density at radius 1 is 0.892 bits per heavy atom. The minimum absolute atomic E-state index is 0.0357. The highest BCUT2D eigenvalue weighted by molar-refractivity contribution is 7.47. The van der Waals surface area contributed by atoms with Gasteiger partial charge in [0.2, 0.25) is 0 Å². The third kappa shape index (κ3) is 18.9. The highest BCUT2D eigenvalue weighted by atomic mass is 35.5. The van der Waals surface area contributed by atoms with Crippen LogP contribution in [-0.4, -0.2) is 24.7 Å². The fourth-order valence-corrected chi connectivity index (χ4v) is 5.10. The number of nitrogens with zero attached hydrogens (tertiary/aromatic N) is 1. The van der Waals surface area contributed by atoms with Crippen molar-refractivity contribution in [2.45, 2.75) is 129 Å². The molecule has 0 saturated heterocycles. The topological polar surface area (TPSA) is 88.8 Å². The lowest BCUT2D eigenvalue weighted by Gasteiger charge is -2.19. The molecule has 0 fully saturated rings. The van der Waals surface area contributed by atoms with Crippen LogP contribution < -0.4 is 0 Å². The normalized spacial score (nSPS) is 13.8. The van der Waals surface area contributed by atoms with Gasteiger partial charge in [0.05, 0.1) is 31.0 Å². The Balaban J connectivity index is 2.19. The van der Waals surface area contributed by atoms with Gasteiger partial charge < -0.3 is 9.63 Å². The summed E-state index contributed by atoms with van der Waals surface area (Å²) in [6, 6.07) is 7.16. The Morgan fingerprint density at radius 2 is 1.41 bits per heavy atom. The summed E-state index contributed by atoms with van der Waals surface area (Å²) in [6.45, 7) is 2.47. The summed E-state index contributed by atoms with van der Waals surface area (Å²) in [5.41, 5.74) is 1.25. The van der Waals surface area contributed by atoms with Crippen LogP contribution in [0.3, 0.4) is 0 Å². The van der Waals surface area contributed by atoms with Gasteiger partial charge in [-0.05, 0) is 30.2 Å². The fourth-order valence-electron chi connectivity index (χ4n) is 4.38. The second-order valence-corrected chi connectivity index (χ2v) is 11.9. The zero-order valence-corrected chi connectivity index (χ0v) is 24.7. The Kier molecular flexibility index (Phi) is 20.2. The Hall–Kier alpha value is -0.930. The van der Waals surface area contributed by atoms with E-state index in [9.17, 15) is 9.46 Å². The molecule has 1 rings (SSSR count). The number of benzene rings is 1. The first kappa shape index (κ1) is 34.1. The second-order valence-electron chi connectivity index (χ2n) is 9.93. The van der Waals surface area contributed by atoms with Crippen molar-refractivity contribution in [3.8, 4) is 6.07 Å². The van der Waals surface area contributed by atoms with E-state index in [1.807, 2.05) is 0 Å². The molecule has 1 aromatic rings. The van der Waals surface area contributed by atoms with Gasteiger partial charge in [0.15, 0.2) is 0 Å². The average molecular weight is 558 g/mol. The zero-order chi connectivity index (χ0) is 27.2. The van der Waals surface area contributed by atoms with Gasteiger partial charge in [0.25, 0.3) is 0 Å². The van der Waals surface area contributed by atoms with Gasteiger partial charge in [-0.2, -0.15) is 5.26 Å². The number of phosphoric ester groups is 1. The number of ether oxygens (including phenoxy) is 1.